The highest BCUT2D eigenvalue weighted by Gasteiger charge is 2.29. The van der Waals surface area contributed by atoms with E-state index in [9.17, 15) is 0 Å². The molecule has 0 amide bonds. The summed E-state index contributed by atoms with van der Waals surface area (Å²) in [6.07, 6.45) is 9.11. The second-order valence-corrected chi connectivity index (χ2v) is 6.81. The lowest BCUT2D eigenvalue weighted by Gasteiger charge is -2.37. The molecule has 0 atom stereocenters. The van der Waals surface area contributed by atoms with Crippen LogP contribution in [0.1, 0.15) is 52.0 Å². The maximum Gasteiger partial charge on any atom is 0.0531 e. The first kappa shape index (κ1) is 13.4. The zero-order chi connectivity index (χ0) is 13.2. The number of rotatable bonds is 2. The predicted octanol–water partition coefficient (Wildman–Crippen LogP) is 4.41. The number of aryl methyl sites for hydroxylation is 1. The molecule has 1 aromatic heterocycles. The second kappa shape index (κ2) is 5.29. The summed E-state index contributed by atoms with van der Waals surface area (Å²) < 4.78 is 0. The van der Waals surface area contributed by atoms with Crippen LogP contribution in [0.2, 0.25) is 0 Å². The number of hydrogen-bond donors (Lipinski definition) is 1. The minimum atomic E-state index is 0.468. The molecule has 18 heavy (non-hydrogen) atoms. The minimum absolute atomic E-state index is 0.468. The van der Waals surface area contributed by atoms with Crippen LogP contribution in [0.4, 0.5) is 5.69 Å². The van der Waals surface area contributed by atoms with Crippen LogP contribution >= 0.6 is 0 Å². The highest BCUT2D eigenvalue weighted by Crippen LogP contribution is 2.38. The third kappa shape index (κ3) is 3.47. The standard InChI is InChI=1S/C16H26N2/c1-12-9-15(11-17-10-12)18-14-7-5-13(6-8-14)16(2,3)4/h9-11,13-14,18H,5-8H2,1-4H3. The molecule has 2 heteroatoms. The Morgan fingerprint density at radius 1 is 1.11 bits per heavy atom. The highest BCUT2D eigenvalue weighted by atomic mass is 14.9. The third-order valence-corrected chi connectivity index (χ3v) is 4.20. The molecule has 0 unspecified atom stereocenters. The monoisotopic (exact) mass is 246 g/mol. The van der Waals surface area contributed by atoms with Crippen molar-refractivity contribution >= 4 is 5.69 Å². The first-order valence-corrected chi connectivity index (χ1v) is 7.13. The fourth-order valence-corrected chi connectivity index (χ4v) is 2.97. The molecule has 1 saturated carbocycles. The quantitative estimate of drug-likeness (QED) is 0.836. The fraction of sp³-hybridized carbons (Fsp3) is 0.688. The van der Waals surface area contributed by atoms with E-state index in [-0.39, 0.29) is 0 Å². The van der Waals surface area contributed by atoms with Crippen LogP contribution in [0.3, 0.4) is 0 Å². The lowest BCUT2D eigenvalue weighted by molar-refractivity contribution is 0.173. The van der Waals surface area contributed by atoms with Crippen molar-refractivity contribution in [3.8, 4) is 0 Å². The van der Waals surface area contributed by atoms with Gasteiger partial charge in [0.05, 0.1) is 5.69 Å². The minimum Gasteiger partial charge on any atom is -0.381 e. The molecular formula is C16H26N2. The van der Waals surface area contributed by atoms with E-state index >= 15 is 0 Å². The number of anilines is 1. The van der Waals surface area contributed by atoms with Gasteiger partial charge >= 0.3 is 0 Å². The Kier molecular flexibility index (Phi) is 3.94. The van der Waals surface area contributed by atoms with Gasteiger partial charge in [-0.15, -0.1) is 0 Å². The van der Waals surface area contributed by atoms with Gasteiger partial charge in [0.15, 0.2) is 0 Å². The van der Waals surface area contributed by atoms with Crippen molar-refractivity contribution in [3.63, 3.8) is 0 Å². The SMILES string of the molecule is Cc1cncc(NC2CCC(C(C)(C)C)CC2)c1. The smallest absolute Gasteiger partial charge is 0.0531 e. The Bertz CT molecular complexity index is 384. The predicted molar refractivity (Wildman–Crippen MR) is 77.8 cm³/mol. The van der Waals surface area contributed by atoms with Gasteiger partial charge in [-0.05, 0) is 55.6 Å². The van der Waals surface area contributed by atoms with Gasteiger partial charge in [0.2, 0.25) is 0 Å². The van der Waals surface area contributed by atoms with Crippen molar-refractivity contribution < 1.29 is 0 Å². The molecule has 2 rings (SSSR count). The van der Waals surface area contributed by atoms with Crippen molar-refractivity contribution in [2.75, 3.05) is 5.32 Å². The van der Waals surface area contributed by atoms with E-state index in [0.29, 0.717) is 11.5 Å². The maximum absolute atomic E-state index is 4.24. The van der Waals surface area contributed by atoms with Crippen molar-refractivity contribution in [3.05, 3.63) is 24.0 Å². The van der Waals surface area contributed by atoms with Gasteiger partial charge in [0, 0.05) is 18.4 Å². The Morgan fingerprint density at radius 2 is 1.78 bits per heavy atom. The molecule has 0 radical (unpaired) electrons. The molecule has 0 saturated heterocycles. The van der Waals surface area contributed by atoms with Gasteiger partial charge in [-0.25, -0.2) is 0 Å². The van der Waals surface area contributed by atoms with Gasteiger partial charge in [-0.2, -0.15) is 0 Å². The summed E-state index contributed by atoms with van der Waals surface area (Å²) in [5, 5.41) is 3.63. The molecular weight excluding hydrogens is 220 g/mol. The van der Waals surface area contributed by atoms with Gasteiger partial charge in [-0.1, -0.05) is 20.8 Å². The molecule has 1 heterocycles. The van der Waals surface area contributed by atoms with E-state index in [4.69, 9.17) is 0 Å². The summed E-state index contributed by atoms with van der Waals surface area (Å²) in [5.74, 6) is 0.881. The summed E-state index contributed by atoms with van der Waals surface area (Å²) in [6.45, 7) is 9.20. The average Bonchev–Trinajstić information content (AvgIpc) is 2.28. The van der Waals surface area contributed by atoms with Crippen LogP contribution in [0.25, 0.3) is 0 Å². The normalized spacial score (nSPS) is 24.9. The molecule has 0 bridgehead atoms. The van der Waals surface area contributed by atoms with Crippen LogP contribution in [0.15, 0.2) is 18.5 Å². The number of nitrogens with one attached hydrogen (secondary N) is 1. The number of pyridine rings is 1. The number of hydrogen-bond acceptors (Lipinski definition) is 2. The summed E-state index contributed by atoms with van der Waals surface area (Å²) >= 11 is 0. The average molecular weight is 246 g/mol. The van der Waals surface area contributed by atoms with Crippen molar-refractivity contribution in [2.24, 2.45) is 11.3 Å². The molecule has 2 nitrogen and oxygen atoms in total. The zero-order valence-corrected chi connectivity index (χ0v) is 12.2. The van der Waals surface area contributed by atoms with E-state index in [1.807, 2.05) is 12.4 Å². The molecule has 100 valence electrons. The molecule has 1 fully saturated rings. The molecule has 0 aromatic carbocycles. The fourth-order valence-electron chi connectivity index (χ4n) is 2.97. The first-order valence-electron chi connectivity index (χ1n) is 7.13. The van der Waals surface area contributed by atoms with Gasteiger partial charge < -0.3 is 5.32 Å². The van der Waals surface area contributed by atoms with E-state index in [1.54, 1.807) is 0 Å². The van der Waals surface area contributed by atoms with Crippen LogP contribution in [-0.4, -0.2) is 11.0 Å². The molecule has 1 aliphatic rings. The van der Waals surface area contributed by atoms with Crippen LogP contribution in [0.5, 0.6) is 0 Å². The number of nitrogens with zero attached hydrogens (tertiary/aromatic N) is 1. The molecule has 1 aromatic rings. The summed E-state index contributed by atoms with van der Waals surface area (Å²) in [4.78, 5) is 4.24. The Hall–Kier alpha value is -1.05. The summed E-state index contributed by atoms with van der Waals surface area (Å²) in [5.41, 5.74) is 2.87. The maximum atomic E-state index is 4.24. The van der Waals surface area contributed by atoms with E-state index in [2.05, 4.69) is 44.1 Å². The third-order valence-electron chi connectivity index (χ3n) is 4.20. The van der Waals surface area contributed by atoms with Crippen LogP contribution < -0.4 is 5.32 Å². The lowest BCUT2D eigenvalue weighted by Crippen LogP contribution is -2.31. The molecule has 1 aliphatic carbocycles. The summed E-state index contributed by atoms with van der Waals surface area (Å²) in [7, 11) is 0. The van der Waals surface area contributed by atoms with Gasteiger partial charge in [-0.3, -0.25) is 4.98 Å². The van der Waals surface area contributed by atoms with Crippen LogP contribution in [0, 0.1) is 18.3 Å². The van der Waals surface area contributed by atoms with E-state index in [1.165, 1.54) is 36.9 Å². The highest BCUT2D eigenvalue weighted by molar-refractivity contribution is 5.43. The molecule has 0 spiro atoms. The van der Waals surface area contributed by atoms with Crippen molar-refractivity contribution in [1.82, 2.24) is 4.98 Å². The van der Waals surface area contributed by atoms with E-state index in [0.717, 1.165) is 5.92 Å². The largest absolute Gasteiger partial charge is 0.381 e. The second-order valence-electron chi connectivity index (χ2n) is 6.81. The topological polar surface area (TPSA) is 24.9 Å². The van der Waals surface area contributed by atoms with Gasteiger partial charge in [0.1, 0.15) is 0 Å². The zero-order valence-electron chi connectivity index (χ0n) is 12.2. The molecule has 1 N–H and O–H groups in total. The van der Waals surface area contributed by atoms with Crippen LogP contribution in [-0.2, 0) is 0 Å². The Morgan fingerprint density at radius 3 is 2.33 bits per heavy atom. The van der Waals surface area contributed by atoms with Crippen molar-refractivity contribution in [2.45, 2.75) is 59.4 Å². The Labute approximate surface area is 111 Å². The first-order chi connectivity index (χ1) is 8.45. The Balaban J connectivity index is 1.87. The molecule has 0 aliphatic heterocycles. The van der Waals surface area contributed by atoms with Crippen molar-refractivity contribution in [1.29, 1.82) is 0 Å². The van der Waals surface area contributed by atoms with E-state index < -0.39 is 0 Å². The summed E-state index contributed by atoms with van der Waals surface area (Å²) in [6, 6.07) is 2.82. The lowest BCUT2D eigenvalue weighted by atomic mass is 9.71. The number of aromatic nitrogens is 1. The van der Waals surface area contributed by atoms with Gasteiger partial charge in [0.25, 0.3) is 0 Å².